The number of rotatable bonds is 5. The van der Waals surface area contributed by atoms with Crippen LogP contribution in [0.3, 0.4) is 0 Å². The Balaban J connectivity index is 1.74. The number of phenolic OH excluding ortho intramolecular Hbond substituents is 2. The highest BCUT2D eigenvalue weighted by molar-refractivity contribution is 7.89. The number of piperazine rings is 1. The number of sulfonamides is 1. The lowest BCUT2D eigenvalue weighted by atomic mass is 10.0. The number of nitrogens with zero attached hydrogens (tertiary/aromatic N) is 2. The van der Waals surface area contributed by atoms with Crippen LogP contribution in [0.2, 0.25) is 0 Å². The second-order valence-electron chi connectivity index (χ2n) is 6.76. The molecule has 2 N–H and O–H groups in total. The van der Waals surface area contributed by atoms with E-state index in [9.17, 15) is 23.4 Å². The van der Waals surface area contributed by atoms with Crippen molar-refractivity contribution in [3.63, 3.8) is 0 Å². The summed E-state index contributed by atoms with van der Waals surface area (Å²) in [5, 5.41) is 21.2. The summed E-state index contributed by atoms with van der Waals surface area (Å²) >= 11 is 0. The van der Waals surface area contributed by atoms with E-state index < -0.39 is 10.0 Å². The second-order valence-corrected chi connectivity index (χ2v) is 8.85. The molecule has 0 saturated carbocycles. The number of benzene rings is 2. The van der Waals surface area contributed by atoms with Crippen molar-refractivity contribution in [2.75, 3.05) is 31.9 Å². The van der Waals surface area contributed by atoms with Crippen LogP contribution in [0.25, 0.3) is 10.8 Å². The fourth-order valence-electron chi connectivity index (χ4n) is 3.24. The smallest absolute Gasteiger partial charge is 0.257 e. The number of carbonyl (C=O) groups excluding carboxylic acids is 1. The molecular formula is C19H24N2O5S. The average molecular weight is 392 g/mol. The van der Waals surface area contributed by atoms with Crippen LogP contribution < -0.4 is 0 Å². The number of carbonyl (C=O) groups is 1. The fourth-order valence-corrected chi connectivity index (χ4v) is 4.87. The molecule has 0 bridgehead atoms. The molecule has 7 nitrogen and oxygen atoms in total. The monoisotopic (exact) mass is 392 g/mol. The van der Waals surface area contributed by atoms with Gasteiger partial charge in [-0.1, -0.05) is 19.4 Å². The van der Waals surface area contributed by atoms with Crippen molar-refractivity contribution in [2.24, 2.45) is 0 Å². The van der Waals surface area contributed by atoms with Crippen molar-refractivity contribution in [1.82, 2.24) is 9.21 Å². The molecule has 2 aromatic carbocycles. The molecule has 27 heavy (non-hydrogen) atoms. The third-order valence-corrected chi connectivity index (χ3v) is 6.80. The first-order chi connectivity index (χ1) is 12.8. The van der Waals surface area contributed by atoms with Gasteiger partial charge >= 0.3 is 0 Å². The van der Waals surface area contributed by atoms with E-state index in [1.54, 1.807) is 17.0 Å². The van der Waals surface area contributed by atoms with Gasteiger partial charge in [0.25, 0.3) is 5.91 Å². The first kappa shape index (κ1) is 19.4. The van der Waals surface area contributed by atoms with E-state index in [1.165, 1.54) is 22.5 Å². The van der Waals surface area contributed by atoms with Crippen molar-refractivity contribution in [3.8, 4) is 11.5 Å². The largest absolute Gasteiger partial charge is 0.508 e. The number of fused-ring (bicyclic) bond motifs is 1. The molecule has 2 aromatic rings. The summed E-state index contributed by atoms with van der Waals surface area (Å²) in [4.78, 5) is 14.4. The summed E-state index contributed by atoms with van der Waals surface area (Å²) < 4.78 is 26.0. The van der Waals surface area contributed by atoms with E-state index in [1.807, 2.05) is 6.92 Å². The lowest BCUT2D eigenvalue weighted by Gasteiger charge is -2.34. The minimum Gasteiger partial charge on any atom is -0.508 e. The maximum Gasteiger partial charge on any atom is 0.257 e. The topological polar surface area (TPSA) is 98.2 Å². The van der Waals surface area contributed by atoms with Gasteiger partial charge < -0.3 is 15.1 Å². The van der Waals surface area contributed by atoms with E-state index in [2.05, 4.69) is 0 Å². The fraction of sp³-hybridized carbons (Fsp3) is 0.421. The maximum absolute atomic E-state index is 12.8. The Labute approximate surface area is 158 Å². The zero-order valence-corrected chi connectivity index (χ0v) is 16.1. The molecule has 0 spiro atoms. The Hall–Kier alpha value is -2.32. The predicted molar refractivity (Wildman–Crippen MR) is 103 cm³/mol. The number of hydrogen-bond acceptors (Lipinski definition) is 5. The summed E-state index contributed by atoms with van der Waals surface area (Å²) in [5.74, 6) is -0.260. The van der Waals surface area contributed by atoms with Gasteiger partial charge in [0.1, 0.15) is 11.5 Å². The normalized spacial score (nSPS) is 16.0. The Morgan fingerprint density at radius 1 is 1.04 bits per heavy atom. The van der Waals surface area contributed by atoms with Gasteiger partial charge in [-0.05, 0) is 41.5 Å². The van der Waals surface area contributed by atoms with Gasteiger partial charge in [-0.3, -0.25) is 4.79 Å². The zero-order valence-electron chi connectivity index (χ0n) is 15.3. The number of unbranched alkanes of at least 4 members (excludes halogenated alkanes) is 1. The quantitative estimate of drug-likeness (QED) is 0.812. The minimum atomic E-state index is -3.28. The Bertz CT molecular complexity index is 950. The van der Waals surface area contributed by atoms with Crippen LogP contribution in [0.1, 0.15) is 30.1 Å². The van der Waals surface area contributed by atoms with Gasteiger partial charge in [0.15, 0.2) is 0 Å². The maximum atomic E-state index is 12.8. The summed E-state index contributed by atoms with van der Waals surface area (Å²) in [6.45, 7) is 3.02. The van der Waals surface area contributed by atoms with E-state index in [0.29, 0.717) is 17.2 Å². The van der Waals surface area contributed by atoms with Crippen LogP contribution in [-0.2, 0) is 10.0 Å². The Morgan fingerprint density at radius 3 is 2.41 bits per heavy atom. The van der Waals surface area contributed by atoms with Gasteiger partial charge in [0, 0.05) is 26.2 Å². The molecule has 1 fully saturated rings. The van der Waals surface area contributed by atoms with Crippen LogP contribution in [0.15, 0.2) is 30.3 Å². The van der Waals surface area contributed by atoms with Crippen LogP contribution in [-0.4, -0.2) is 65.7 Å². The molecule has 0 radical (unpaired) electrons. The van der Waals surface area contributed by atoms with Crippen LogP contribution in [0, 0.1) is 0 Å². The standard InChI is InChI=1S/C19H24N2O5S/c1-2-3-10-27(25,26)21-8-6-20(7-9-21)19(24)17-12-15-11-16(22)5-4-14(15)13-18(17)23/h4-5,11-13,22-23H,2-3,6-10H2,1H3. The average Bonchev–Trinajstić information content (AvgIpc) is 2.66. The van der Waals surface area contributed by atoms with Crippen LogP contribution >= 0.6 is 0 Å². The molecule has 1 amide bonds. The van der Waals surface area contributed by atoms with Crippen molar-refractivity contribution < 1.29 is 23.4 Å². The number of amides is 1. The van der Waals surface area contributed by atoms with Gasteiger partial charge in [0.05, 0.1) is 11.3 Å². The van der Waals surface area contributed by atoms with Crippen LogP contribution in [0.5, 0.6) is 11.5 Å². The van der Waals surface area contributed by atoms with E-state index >= 15 is 0 Å². The predicted octanol–water partition coefficient (Wildman–Crippen LogP) is 2.14. The van der Waals surface area contributed by atoms with Crippen molar-refractivity contribution in [3.05, 3.63) is 35.9 Å². The molecule has 1 saturated heterocycles. The highest BCUT2D eigenvalue weighted by atomic mass is 32.2. The first-order valence-corrected chi connectivity index (χ1v) is 10.7. The lowest BCUT2D eigenvalue weighted by molar-refractivity contribution is 0.0695. The van der Waals surface area contributed by atoms with Crippen molar-refractivity contribution in [2.45, 2.75) is 19.8 Å². The summed E-state index contributed by atoms with van der Waals surface area (Å²) in [5.41, 5.74) is 0.149. The first-order valence-electron chi connectivity index (χ1n) is 9.04. The highest BCUT2D eigenvalue weighted by Gasteiger charge is 2.29. The molecule has 0 atom stereocenters. The van der Waals surface area contributed by atoms with Crippen molar-refractivity contribution in [1.29, 1.82) is 0 Å². The number of aromatic hydroxyl groups is 2. The highest BCUT2D eigenvalue weighted by Crippen LogP contribution is 2.29. The molecule has 0 unspecified atom stereocenters. The molecule has 0 aromatic heterocycles. The molecule has 3 rings (SSSR count). The minimum absolute atomic E-state index is 0.0810. The molecular weight excluding hydrogens is 368 g/mol. The number of phenols is 2. The Morgan fingerprint density at radius 2 is 1.74 bits per heavy atom. The van der Waals surface area contributed by atoms with Gasteiger partial charge in [-0.2, -0.15) is 4.31 Å². The van der Waals surface area contributed by atoms with Gasteiger partial charge in [0.2, 0.25) is 10.0 Å². The molecule has 8 heteroatoms. The zero-order chi connectivity index (χ0) is 19.6. The third-order valence-electron chi connectivity index (χ3n) is 4.84. The summed E-state index contributed by atoms with van der Waals surface area (Å²) in [6.07, 6.45) is 1.44. The summed E-state index contributed by atoms with van der Waals surface area (Å²) in [7, 11) is -3.28. The summed E-state index contributed by atoms with van der Waals surface area (Å²) in [6, 6.07) is 7.76. The van der Waals surface area contributed by atoms with Gasteiger partial charge in [-0.15, -0.1) is 0 Å². The van der Waals surface area contributed by atoms with E-state index in [0.717, 1.165) is 6.42 Å². The third kappa shape index (κ3) is 4.17. The second kappa shape index (κ2) is 7.74. The van der Waals surface area contributed by atoms with Crippen LogP contribution in [0.4, 0.5) is 0 Å². The number of hydrogen-bond donors (Lipinski definition) is 2. The molecule has 146 valence electrons. The molecule has 1 aliphatic rings. The molecule has 0 aliphatic carbocycles. The molecule has 1 heterocycles. The SMILES string of the molecule is CCCCS(=O)(=O)N1CCN(C(=O)c2cc3cc(O)ccc3cc2O)CC1. The molecule has 1 aliphatic heterocycles. The Kier molecular flexibility index (Phi) is 5.57. The van der Waals surface area contributed by atoms with E-state index in [4.69, 9.17) is 0 Å². The van der Waals surface area contributed by atoms with Gasteiger partial charge in [-0.25, -0.2) is 8.42 Å². The van der Waals surface area contributed by atoms with E-state index in [-0.39, 0.29) is 54.9 Å². The lowest BCUT2D eigenvalue weighted by Crippen LogP contribution is -2.51. The van der Waals surface area contributed by atoms with Crippen molar-refractivity contribution >= 4 is 26.7 Å².